The Kier molecular flexibility index (Phi) is 4.26. The fourth-order valence-electron chi connectivity index (χ4n) is 4.50. The molecule has 0 aromatic heterocycles. The van der Waals surface area contributed by atoms with Crippen molar-refractivity contribution in [2.45, 2.75) is 69.7 Å². The summed E-state index contributed by atoms with van der Waals surface area (Å²) in [5, 5.41) is 9.95. The lowest BCUT2D eigenvalue weighted by atomic mass is 9.62. The smallest absolute Gasteiger partial charge is 0.115 e. The second-order valence-electron chi connectivity index (χ2n) is 7.23. The van der Waals surface area contributed by atoms with E-state index in [1.54, 1.807) is 0 Å². The quantitative estimate of drug-likeness (QED) is 0.818. The van der Waals surface area contributed by atoms with Gasteiger partial charge in [-0.05, 0) is 68.0 Å². The summed E-state index contributed by atoms with van der Waals surface area (Å²) < 4.78 is 0. The minimum absolute atomic E-state index is 0.331. The number of hydrogen-bond donors (Lipinski definition) is 1. The molecule has 0 amide bonds. The van der Waals surface area contributed by atoms with E-state index in [0.29, 0.717) is 17.2 Å². The van der Waals surface area contributed by atoms with Crippen molar-refractivity contribution in [3.63, 3.8) is 0 Å². The summed E-state index contributed by atoms with van der Waals surface area (Å²) in [7, 11) is 2.27. The first-order valence-electron chi connectivity index (χ1n) is 8.67. The predicted molar refractivity (Wildman–Crippen MR) is 87.9 cm³/mol. The van der Waals surface area contributed by atoms with E-state index in [-0.39, 0.29) is 0 Å². The van der Waals surface area contributed by atoms with E-state index in [4.69, 9.17) is 0 Å². The summed E-state index contributed by atoms with van der Waals surface area (Å²) in [4.78, 5) is 2.54. The van der Waals surface area contributed by atoms with Gasteiger partial charge in [0.15, 0.2) is 0 Å². The average Bonchev–Trinajstić information content (AvgIpc) is 2.49. The average molecular weight is 287 g/mol. The van der Waals surface area contributed by atoms with Crippen molar-refractivity contribution in [3.05, 3.63) is 29.3 Å². The van der Waals surface area contributed by atoms with Crippen LogP contribution in [0.1, 0.15) is 63.0 Å². The molecule has 2 atom stereocenters. The normalized spacial score (nSPS) is 28.4. The maximum atomic E-state index is 9.95. The molecule has 2 nitrogen and oxygen atoms in total. The molecule has 2 heteroatoms. The Bertz CT molecular complexity index is 498. The molecule has 1 saturated heterocycles. The van der Waals surface area contributed by atoms with Gasteiger partial charge in [-0.15, -0.1) is 0 Å². The standard InChI is InChI=1S/C19H29NO/c1-3-4-5-6-9-19-10-11-20(2)16(14-19)12-15-7-8-17(21)13-18(15)19/h7-8,13,16,21H,3-6,9-12,14H2,1-2H3/t16?,19-/m1/s1. The van der Waals surface area contributed by atoms with Crippen LogP contribution in [0.4, 0.5) is 0 Å². The van der Waals surface area contributed by atoms with E-state index in [1.165, 1.54) is 62.6 Å². The van der Waals surface area contributed by atoms with E-state index in [2.05, 4.69) is 31.0 Å². The van der Waals surface area contributed by atoms with Gasteiger partial charge >= 0.3 is 0 Å². The summed E-state index contributed by atoms with van der Waals surface area (Å²) >= 11 is 0. The monoisotopic (exact) mass is 287 g/mol. The molecule has 1 aliphatic carbocycles. The van der Waals surface area contributed by atoms with Crippen LogP contribution in [0.2, 0.25) is 0 Å². The van der Waals surface area contributed by atoms with Crippen LogP contribution in [-0.4, -0.2) is 29.6 Å². The van der Waals surface area contributed by atoms with E-state index in [9.17, 15) is 5.11 Å². The zero-order valence-corrected chi connectivity index (χ0v) is 13.6. The maximum Gasteiger partial charge on any atom is 0.115 e. The molecular formula is C19H29NO. The molecule has 1 aliphatic heterocycles. The minimum atomic E-state index is 0.331. The van der Waals surface area contributed by atoms with E-state index in [0.717, 1.165) is 6.42 Å². The number of phenols is 1. The number of unbranched alkanes of at least 4 members (excludes halogenated alkanes) is 3. The van der Waals surface area contributed by atoms with Crippen LogP contribution < -0.4 is 0 Å². The third-order valence-corrected chi connectivity index (χ3v) is 5.82. The highest BCUT2D eigenvalue weighted by Crippen LogP contribution is 2.48. The maximum absolute atomic E-state index is 9.95. The second kappa shape index (κ2) is 6.00. The molecule has 21 heavy (non-hydrogen) atoms. The van der Waals surface area contributed by atoms with Gasteiger partial charge in [-0.2, -0.15) is 0 Å². The molecule has 1 aromatic carbocycles. The van der Waals surface area contributed by atoms with Crippen LogP contribution in [0.3, 0.4) is 0 Å². The van der Waals surface area contributed by atoms with Crippen LogP contribution >= 0.6 is 0 Å². The molecule has 1 fully saturated rings. The Morgan fingerprint density at radius 1 is 1.29 bits per heavy atom. The highest BCUT2D eigenvalue weighted by molar-refractivity contribution is 5.43. The Hall–Kier alpha value is -1.02. The van der Waals surface area contributed by atoms with Gasteiger partial charge in [0.2, 0.25) is 0 Å². The fourth-order valence-corrected chi connectivity index (χ4v) is 4.50. The Balaban J connectivity index is 1.87. The molecule has 1 N–H and O–H groups in total. The second-order valence-corrected chi connectivity index (χ2v) is 7.23. The lowest BCUT2D eigenvalue weighted by Crippen LogP contribution is -2.51. The van der Waals surface area contributed by atoms with Gasteiger partial charge in [0.05, 0.1) is 0 Å². The zero-order valence-electron chi connectivity index (χ0n) is 13.6. The highest BCUT2D eigenvalue weighted by Gasteiger charge is 2.44. The Morgan fingerprint density at radius 2 is 2.14 bits per heavy atom. The van der Waals surface area contributed by atoms with Crippen LogP contribution in [-0.2, 0) is 11.8 Å². The number of phenolic OH excluding ortho intramolecular Hbond substituents is 1. The van der Waals surface area contributed by atoms with Crippen molar-refractivity contribution < 1.29 is 5.11 Å². The number of hydrogen-bond acceptors (Lipinski definition) is 2. The zero-order chi connectivity index (χ0) is 14.9. The van der Waals surface area contributed by atoms with Crippen molar-refractivity contribution in [1.82, 2.24) is 4.90 Å². The first kappa shape index (κ1) is 14.9. The lowest BCUT2D eigenvalue weighted by molar-refractivity contribution is 0.0959. The Morgan fingerprint density at radius 3 is 2.95 bits per heavy atom. The largest absolute Gasteiger partial charge is 0.508 e. The van der Waals surface area contributed by atoms with Crippen molar-refractivity contribution in [2.24, 2.45) is 0 Å². The van der Waals surface area contributed by atoms with Crippen molar-refractivity contribution in [2.75, 3.05) is 13.6 Å². The number of benzene rings is 1. The molecule has 1 aromatic rings. The topological polar surface area (TPSA) is 23.5 Å². The number of likely N-dealkylation sites (N-methyl/N-ethyl adjacent to an activating group) is 1. The molecule has 0 radical (unpaired) electrons. The van der Waals surface area contributed by atoms with Crippen molar-refractivity contribution in [3.8, 4) is 5.75 Å². The van der Waals surface area contributed by atoms with Crippen LogP contribution in [0.5, 0.6) is 5.75 Å². The predicted octanol–water partition coefficient (Wildman–Crippen LogP) is 4.25. The molecule has 2 aliphatic rings. The van der Waals surface area contributed by atoms with Gasteiger partial charge in [-0.1, -0.05) is 38.7 Å². The molecule has 1 unspecified atom stereocenters. The first-order chi connectivity index (χ1) is 10.1. The number of likely N-dealkylation sites (tertiary alicyclic amines) is 1. The number of fused-ring (bicyclic) bond motifs is 4. The summed E-state index contributed by atoms with van der Waals surface area (Å²) in [6, 6.07) is 6.79. The number of nitrogens with zero attached hydrogens (tertiary/aromatic N) is 1. The highest BCUT2D eigenvalue weighted by atomic mass is 16.3. The van der Waals surface area contributed by atoms with Gasteiger partial charge in [-0.25, -0.2) is 0 Å². The number of rotatable bonds is 5. The minimum Gasteiger partial charge on any atom is -0.508 e. The SMILES string of the molecule is CCCCCC[C@]12CCN(C)C(Cc3ccc(O)cc31)C2. The van der Waals surface area contributed by atoms with Crippen LogP contribution in [0.15, 0.2) is 18.2 Å². The number of piperidine rings is 1. The fraction of sp³-hybridized carbons (Fsp3) is 0.684. The Labute approximate surface area is 129 Å². The van der Waals surface area contributed by atoms with Gasteiger partial charge in [0, 0.05) is 6.04 Å². The third kappa shape index (κ3) is 2.83. The van der Waals surface area contributed by atoms with E-state index < -0.39 is 0 Å². The molecule has 0 spiro atoms. The van der Waals surface area contributed by atoms with Crippen LogP contribution in [0, 0.1) is 0 Å². The first-order valence-corrected chi connectivity index (χ1v) is 8.67. The molecule has 2 bridgehead atoms. The third-order valence-electron chi connectivity index (χ3n) is 5.82. The van der Waals surface area contributed by atoms with E-state index in [1.807, 2.05) is 6.07 Å². The molecule has 1 heterocycles. The number of aromatic hydroxyl groups is 1. The van der Waals surface area contributed by atoms with Gasteiger partial charge in [0.1, 0.15) is 5.75 Å². The molecule has 0 saturated carbocycles. The molecule has 3 rings (SSSR count). The molecular weight excluding hydrogens is 258 g/mol. The van der Waals surface area contributed by atoms with Gasteiger partial charge < -0.3 is 10.0 Å². The lowest BCUT2D eigenvalue weighted by Gasteiger charge is -2.50. The van der Waals surface area contributed by atoms with Gasteiger partial charge in [0.25, 0.3) is 0 Å². The van der Waals surface area contributed by atoms with Crippen molar-refractivity contribution in [1.29, 1.82) is 0 Å². The summed E-state index contributed by atoms with van der Waals surface area (Å²) in [6.45, 7) is 3.48. The molecule has 116 valence electrons. The van der Waals surface area contributed by atoms with Crippen LogP contribution in [0.25, 0.3) is 0 Å². The summed E-state index contributed by atoms with van der Waals surface area (Å²) in [6.07, 6.45) is 10.3. The summed E-state index contributed by atoms with van der Waals surface area (Å²) in [5.41, 5.74) is 3.27. The summed E-state index contributed by atoms with van der Waals surface area (Å²) in [5.74, 6) is 0.444. The van der Waals surface area contributed by atoms with Gasteiger partial charge in [-0.3, -0.25) is 0 Å². The van der Waals surface area contributed by atoms with E-state index >= 15 is 0 Å². The van der Waals surface area contributed by atoms with Crippen molar-refractivity contribution >= 4 is 0 Å².